The molecule has 2 atom stereocenters. The van der Waals surface area contributed by atoms with Crippen LogP contribution in [-0.2, 0) is 15.8 Å². The molecule has 5 nitrogen and oxygen atoms in total. The minimum absolute atomic E-state index is 0.133. The molecule has 128 valence electrons. The molecule has 0 aliphatic carbocycles. The summed E-state index contributed by atoms with van der Waals surface area (Å²) in [6, 6.07) is 3.59. The molecule has 0 heterocycles. The third-order valence-corrected chi connectivity index (χ3v) is 2.88. The molecule has 0 fully saturated rings. The second-order valence-corrected chi connectivity index (χ2v) is 5.14. The van der Waals surface area contributed by atoms with Crippen molar-refractivity contribution in [2.75, 3.05) is 6.61 Å². The number of carbonyl (C=O) groups excluding carboxylic acids is 2. The van der Waals surface area contributed by atoms with Crippen LogP contribution in [0.1, 0.15) is 26.3 Å². The quantitative estimate of drug-likeness (QED) is 0.838. The highest BCUT2D eigenvalue weighted by atomic mass is 19.4. The molecule has 0 saturated carbocycles. The minimum atomic E-state index is -4.51. The van der Waals surface area contributed by atoms with Gasteiger partial charge in [-0.1, -0.05) is 12.1 Å². The lowest BCUT2D eigenvalue weighted by Crippen LogP contribution is -2.48. The number of amides is 2. The van der Waals surface area contributed by atoms with Crippen LogP contribution in [-0.4, -0.2) is 30.5 Å². The highest BCUT2D eigenvalue weighted by Gasteiger charge is 2.34. The van der Waals surface area contributed by atoms with Gasteiger partial charge in [-0.3, -0.25) is 9.59 Å². The first-order chi connectivity index (χ1) is 10.6. The van der Waals surface area contributed by atoms with Crippen LogP contribution in [0.25, 0.3) is 0 Å². The van der Waals surface area contributed by atoms with Crippen molar-refractivity contribution in [3.8, 4) is 5.75 Å². The van der Waals surface area contributed by atoms with Gasteiger partial charge in [-0.25, -0.2) is 0 Å². The van der Waals surface area contributed by atoms with Crippen molar-refractivity contribution in [2.24, 2.45) is 0 Å². The zero-order chi connectivity index (χ0) is 17.6. The number of nitrogens with one attached hydrogen (secondary N) is 2. The summed E-state index contributed by atoms with van der Waals surface area (Å²) in [5, 5.41) is 4.96. The predicted molar refractivity (Wildman–Crippen MR) is 77.8 cm³/mol. The molecule has 0 spiro atoms. The van der Waals surface area contributed by atoms with Crippen LogP contribution < -0.4 is 15.4 Å². The molecule has 2 N–H and O–H groups in total. The number of carbonyl (C=O) groups is 2. The second kappa shape index (κ2) is 7.85. The lowest BCUT2D eigenvalue weighted by atomic mass is 10.2. The maximum absolute atomic E-state index is 12.8. The number of hydrogen-bond acceptors (Lipinski definition) is 3. The summed E-state index contributed by atoms with van der Waals surface area (Å²) < 4.78 is 43.6. The van der Waals surface area contributed by atoms with Gasteiger partial charge in [0.2, 0.25) is 11.8 Å². The largest absolute Gasteiger partial charge is 0.491 e. The minimum Gasteiger partial charge on any atom is -0.491 e. The van der Waals surface area contributed by atoms with Gasteiger partial charge in [-0.05, 0) is 26.0 Å². The Balaban J connectivity index is 2.59. The maximum atomic E-state index is 12.8. The lowest BCUT2D eigenvalue weighted by molar-refractivity contribution is -0.139. The number of halogens is 3. The van der Waals surface area contributed by atoms with Gasteiger partial charge in [0.1, 0.15) is 18.4 Å². The normalized spacial score (nSPS) is 13.8. The molecule has 2 unspecified atom stereocenters. The Bertz CT molecular complexity index is 561. The van der Waals surface area contributed by atoms with Gasteiger partial charge in [0.25, 0.3) is 0 Å². The molecule has 8 heteroatoms. The van der Waals surface area contributed by atoms with Crippen molar-refractivity contribution in [2.45, 2.75) is 39.0 Å². The van der Waals surface area contributed by atoms with E-state index in [9.17, 15) is 22.8 Å². The van der Waals surface area contributed by atoms with Crippen molar-refractivity contribution in [1.29, 1.82) is 0 Å². The van der Waals surface area contributed by atoms with Gasteiger partial charge in [0, 0.05) is 6.92 Å². The van der Waals surface area contributed by atoms with Crippen LogP contribution in [0.2, 0.25) is 0 Å². The Labute approximate surface area is 132 Å². The first-order valence-electron chi connectivity index (χ1n) is 6.97. The Morgan fingerprint density at radius 2 is 1.78 bits per heavy atom. The molecule has 1 aromatic carbocycles. The fourth-order valence-corrected chi connectivity index (χ4v) is 1.82. The maximum Gasteiger partial charge on any atom is 0.419 e. The van der Waals surface area contributed by atoms with Crippen LogP contribution in [0, 0.1) is 0 Å². The number of para-hydroxylation sites is 1. The van der Waals surface area contributed by atoms with Gasteiger partial charge in [-0.15, -0.1) is 0 Å². The van der Waals surface area contributed by atoms with E-state index < -0.39 is 29.7 Å². The molecule has 0 bridgehead atoms. The Hall–Kier alpha value is -2.25. The Morgan fingerprint density at radius 3 is 2.35 bits per heavy atom. The smallest absolute Gasteiger partial charge is 0.419 e. The molecule has 1 aromatic rings. The number of benzene rings is 1. The van der Waals surface area contributed by atoms with Gasteiger partial charge in [0.15, 0.2) is 0 Å². The summed E-state index contributed by atoms with van der Waals surface area (Å²) in [6.45, 7) is 4.24. The molecule has 1 rings (SSSR count). The van der Waals surface area contributed by atoms with E-state index in [0.29, 0.717) is 0 Å². The van der Waals surface area contributed by atoms with Crippen molar-refractivity contribution in [3.05, 3.63) is 29.8 Å². The third kappa shape index (κ3) is 6.17. The SMILES string of the molecule is CC(=O)NC(C)C(=O)NC(C)COc1ccccc1C(F)(F)F. The molecule has 2 amide bonds. The summed E-state index contributed by atoms with van der Waals surface area (Å²) in [5.41, 5.74) is -0.870. The van der Waals surface area contributed by atoms with E-state index in [-0.39, 0.29) is 18.3 Å². The van der Waals surface area contributed by atoms with E-state index in [2.05, 4.69) is 10.6 Å². The van der Waals surface area contributed by atoms with E-state index in [1.807, 2.05) is 0 Å². The van der Waals surface area contributed by atoms with Crippen molar-refractivity contribution >= 4 is 11.8 Å². The van der Waals surface area contributed by atoms with Crippen LogP contribution in [0.15, 0.2) is 24.3 Å². The van der Waals surface area contributed by atoms with Crippen LogP contribution in [0.5, 0.6) is 5.75 Å². The van der Waals surface area contributed by atoms with E-state index in [4.69, 9.17) is 4.74 Å². The van der Waals surface area contributed by atoms with Gasteiger partial charge in [0.05, 0.1) is 11.6 Å². The summed E-state index contributed by atoms with van der Waals surface area (Å²) >= 11 is 0. The zero-order valence-electron chi connectivity index (χ0n) is 13.0. The molecule has 23 heavy (non-hydrogen) atoms. The fraction of sp³-hybridized carbons (Fsp3) is 0.467. The number of ether oxygens (including phenoxy) is 1. The molecule has 0 radical (unpaired) electrons. The lowest BCUT2D eigenvalue weighted by Gasteiger charge is -2.20. The topological polar surface area (TPSA) is 67.4 Å². The highest BCUT2D eigenvalue weighted by Crippen LogP contribution is 2.35. The van der Waals surface area contributed by atoms with E-state index in [0.717, 1.165) is 6.07 Å². The monoisotopic (exact) mass is 332 g/mol. The summed E-state index contributed by atoms with van der Waals surface area (Å²) in [4.78, 5) is 22.6. The van der Waals surface area contributed by atoms with Crippen LogP contribution in [0.3, 0.4) is 0 Å². The van der Waals surface area contributed by atoms with Gasteiger partial charge in [-0.2, -0.15) is 13.2 Å². The summed E-state index contributed by atoms with van der Waals surface area (Å²) in [7, 11) is 0. The summed E-state index contributed by atoms with van der Waals surface area (Å²) in [6.07, 6.45) is -4.51. The first kappa shape index (κ1) is 18.8. The Kier molecular flexibility index (Phi) is 6.41. The van der Waals surface area contributed by atoms with Gasteiger partial charge < -0.3 is 15.4 Å². The fourth-order valence-electron chi connectivity index (χ4n) is 1.82. The zero-order valence-corrected chi connectivity index (χ0v) is 13.0. The number of alkyl halides is 3. The van der Waals surface area contributed by atoms with E-state index in [1.165, 1.54) is 32.0 Å². The molecular weight excluding hydrogens is 313 g/mol. The first-order valence-corrected chi connectivity index (χ1v) is 6.97. The highest BCUT2D eigenvalue weighted by molar-refractivity contribution is 5.86. The number of rotatable bonds is 6. The van der Waals surface area contributed by atoms with E-state index >= 15 is 0 Å². The third-order valence-electron chi connectivity index (χ3n) is 2.88. The molecule has 0 aromatic heterocycles. The molecular formula is C15H19F3N2O3. The molecule has 0 aliphatic rings. The average molecular weight is 332 g/mol. The predicted octanol–water partition coefficient (Wildman–Crippen LogP) is 2.11. The standard InChI is InChI=1S/C15H19F3N2O3/c1-9(19-14(22)10(2)20-11(3)21)8-23-13-7-5-4-6-12(13)15(16,17)18/h4-7,9-10H,8H2,1-3H3,(H,19,22)(H,20,21). The van der Waals surface area contributed by atoms with E-state index in [1.54, 1.807) is 6.92 Å². The average Bonchev–Trinajstić information content (AvgIpc) is 2.43. The number of hydrogen-bond donors (Lipinski definition) is 2. The van der Waals surface area contributed by atoms with Crippen LogP contribution >= 0.6 is 0 Å². The second-order valence-electron chi connectivity index (χ2n) is 5.14. The van der Waals surface area contributed by atoms with Crippen LogP contribution in [0.4, 0.5) is 13.2 Å². The van der Waals surface area contributed by atoms with Gasteiger partial charge >= 0.3 is 6.18 Å². The molecule has 0 saturated heterocycles. The van der Waals surface area contributed by atoms with Crippen molar-refractivity contribution < 1.29 is 27.5 Å². The Morgan fingerprint density at radius 1 is 1.17 bits per heavy atom. The van der Waals surface area contributed by atoms with Crippen molar-refractivity contribution in [1.82, 2.24) is 10.6 Å². The van der Waals surface area contributed by atoms with Crippen molar-refractivity contribution in [3.63, 3.8) is 0 Å². The summed E-state index contributed by atoms with van der Waals surface area (Å²) in [5.74, 6) is -1.09. The molecule has 0 aliphatic heterocycles.